The van der Waals surface area contributed by atoms with Crippen molar-refractivity contribution >= 4 is 55.1 Å². The Morgan fingerprint density at radius 1 is 0.654 bits per heavy atom. The molecule has 0 bridgehead atoms. The van der Waals surface area contributed by atoms with Gasteiger partial charge in [-0.3, -0.25) is 9.38 Å². The molecular weight excluding hydrogens is 655 g/mol. The molecule has 0 saturated carbocycles. The van der Waals surface area contributed by atoms with E-state index >= 15 is 0 Å². The molecule has 1 aliphatic heterocycles. The van der Waals surface area contributed by atoms with Gasteiger partial charge in [-0.1, -0.05) is 18.6 Å². The highest BCUT2D eigenvalue weighted by atomic mass is 19.1. The zero-order chi connectivity index (χ0) is 35.1. The van der Waals surface area contributed by atoms with Crippen LogP contribution in [0.1, 0.15) is 43.2 Å². The molecule has 4 aromatic heterocycles. The quantitative estimate of drug-likeness (QED) is 0.0987. The summed E-state index contributed by atoms with van der Waals surface area (Å²) < 4.78 is 40.4. The van der Waals surface area contributed by atoms with E-state index in [-0.39, 0.29) is 11.6 Å². The number of aryl methyl sites for hydroxylation is 2. The van der Waals surface area contributed by atoms with E-state index in [9.17, 15) is 8.78 Å². The third-order valence-corrected chi connectivity index (χ3v) is 11.5. The van der Waals surface area contributed by atoms with E-state index in [2.05, 4.69) is 75.8 Å². The topological polar surface area (TPSA) is 61.1 Å². The maximum atomic E-state index is 14.1. The Hall–Kier alpha value is -5.18. The molecule has 52 heavy (non-hydrogen) atoms. The van der Waals surface area contributed by atoms with E-state index in [1.165, 1.54) is 34.3 Å². The van der Waals surface area contributed by atoms with Crippen molar-refractivity contribution in [1.82, 2.24) is 19.4 Å². The number of rotatable bonds is 12. The molecule has 1 aliphatic rings. The number of piperazine rings is 1. The molecule has 2 N–H and O–H groups in total. The SMILES string of the molecule is Fc1ccc2occ(CCCCC3C[N+](c4cccc5[nH]ccc45)(c4cccc5[nH]ccc45)CCN3CCCCc3coc4ccc(F)cc34)c2c1. The molecule has 0 aliphatic carbocycles. The Morgan fingerprint density at radius 3 is 1.83 bits per heavy atom. The summed E-state index contributed by atoms with van der Waals surface area (Å²) in [4.78, 5) is 9.65. The van der Waals surface area contributed by atoms with E-state index in [4.69, 9.17) is 8.83 Å². The Bertz CT molecular complexity index is 2410. The lowest BCUT2D eigenvalue weighted by atomic mass is 9.96. The third kappa shape index (κ3) is 5.99. The summed E-state index contributed by atoms with van der Waals surface area (Å²) >= 11 is 0. The van der Waals surface area contributed by atoms with Crippen LogP contribution >= 0.6 is 0 Å². The van der Waals surface area contributed by atoms with Crippen LogP contribution in [0.5, 0.6) is 0 Å². The molecule has 0 spiro atoms. The molecule has 1 atom stereocenters. The van der Waals surface area contributed by atoms with Crippen LogP contribution < -0.4 is 4.48 Å². The number of hydrogen-bond acceptors (Lipinski definition) is 3. The minimum Gasteiger partial charge on any atom is -0.464 e. The van der Waals surface area contributed by atoms with E-state index in [0.717, 1.165) is 120 Å². The maximum Gasteiger partial charge on any atom is 0.147 e. The second-order valence-corrected chi connectivity index (χ2v) is 14.5. The van der Waals surface area contributed by atoms with Crippen LogP contribution in [0, 0.1) is 11.6 Å². The van der Waals surface area contributed by atoms with Gasteiger partial charge in [0.25, 0.3) is 0 Å². The Balaban J connectivity index is 0.993. The number of aromatic nitrogens is 2. The fourth-order valence-electron chi connectivity index (χ4n) is 8.89. The minimum atomic E-state index is -0.231. The molecule has 5 heterocycles. The number of nitrogens with zero attached hydrogens (tertiary/aromatic N) is 2. The van der Waals surface area contributed by atoms with Crippen LogP contribution in [0.2, 0.25) is 0 Å². The van der Waals surface area contributed by atoms with Gasteiger partial charge in [0.1, 0.15) is 47.3 Å². The van der Waals surface area contributed by atoms with Crippen LogP contribution in [-0.2, 0) is 12.8 Å². The molecule has 1 fully saturated rings. The number of fused-ring (bicyclic) bond motifs is 4. The predicted octanol–water partition coefficient (Wildman–Crippen LogP) is 11.2. The molecule has 6 nitrogen and oxygen atoms in total. The molecule has 1 saturated heterocycles. The van der Waals surface area contributed by atoms with Crippen molar-refractivity contribution in [2.24, 2.45) is 0 Å². The molecule has 4 aromatic carbocycles. The lowest BCUT2D eigenvalue weighted by Crippen LogP contribution is -2.62. The second kappa shape index (κ2) is 13.7. The molecule has 1 unspecified atom stereocenters. The first-order valence-corrected chi connectivity index (χ1v) is 18.6. The van der Waals surface area contributed by atoms with Crippen molar-refractivity contribution in [2.75, 3.05) is 26.2 Å². The average molecular weight is 698 g/mol. The number of unbranched alkanes of at least 4 members (excludes halogenated alkanes) is 2. The van der Waals surface area contributed by atoms with Gasteiger partial charge in [0.15, 0.2) is 0 Å². The summed E-state index contributed by atoms with van der Waals surface area (Å²) in [5.74, 6) is -0.461. The summed E-state index contributed by atoms with van der Waals surface area (Å²) in [5, 5.41) is 4.29. The second-order valence-electron chi connectivity index (χ2n) is 14.5. The summed E-state index contributed by atoms with van der Waals surface area (Å²) in [6, 6.07) is 27.7. The monoisotopic (exact) mass is 697 g/mol. The summed E-state index contributed by atoms with van der Waals surface area (Å²) in [7, 11) is 0. The van der Waals surface area contributed by atoms with Gasteiger partial charge < -0.3 is 18.8 Å². The lowest BCUT2D eigenvalue weighted by Gasteiger charge is -2.48. The van der Waals surface area contributed by atoms with Crippen molar-refractivity contribution in [2.45, 2.75) is 51.0 Å². The normalized spacial score (nSPS) is 16.5. The zero-order valence-electron chi connectivity index (χ0n) is 29.2. The van der Waals surface area contributed by atoms with Gasteiger partial charge in [-0.2, -0.15) is 0 Å². The highest BCUT2D eigenvalue weighted by Gasteiger charge is 2.44. The minimum absolute atomic E-state index is 0.230. The van der Waals surface area contributed by atoms with E-state index in [0.29, 0.717) is 6.04 Å². The highest BCUT2D eigenvalue weighted by molar-refractivity contribution is 5.98. The van der Waals surface area contributed by atoms with E-state index < -0.39 is 0 Å². The van der Waals surface area contributed by atoms with Gasteiger partial charge >= 0.3 is 0 Å². The Labute approximate surface area is 301 Å². The molecule has 9 rings (SSSR count). The van der Waals surface area contributed by atoms with E-state index in [1.54, 1.807) is 36.8 Å². The van der Waals surface area contributed by atoms with Crippen molar-refractivity contribution in [3.63, 3.8) is 0 Å². The number of halogens is 2. The number of furan rings is 2. The lowest BCUT2D eigenvalue weighted by molar-refractivity contribution is 0.0982. The predicted molar refractivity (Wildman–Crippen MR) is 206 cm³/mol. The fourth-order valence-corrected chi connectivity index (χ4v) is 8.89. The van der Waals surface area contributed by atoms with Gasteiger partial charge in [0, 0.05) is 41.8 Å². The molecule has 0 radical (unpaired) electrons. The van der Waals surface area contributed by atoms with Crippen LogP contribution in [0.3, 0.4) is 0 Å². The van der Waals surface area contributed by atoms with Crippen LogP contribution in [0.4, 0.5) is 20.2 Å². The van der Waals surface area contributed by atoms with Crippen LogP contribution in [0.15, 0.2) is 119 Å². The molecule has 0 amide bonds. The Kier molecular flexibility index (Phi) is 8.65. The molecule has 264 valence electrons. The van der Waals surface area contributed by atoms with Gasteiger partial charge in [-0.05, 0) is 117 Å². The Morgan fingerprint density at radius 2 is 1.23 bits per heavy atom. The first-order valence-electron chi connectivity index (χ1n) is 18.6. The molecule has 8 heteroatoms. The number of H-pyrrole nitrogens is 2. The van der Waals surface area contributed by atoms with Gasteiger partial charge in [-0.15, -0.1) is 0 Å². The number of nitrogens with one attached hydrogen (secondary N) is 2. The smallest absolute Gasteiger partial charge is 0.147 e. The van der Waals surface area contributed by atoms with Crippen molar-refractivity contribution < 1.29 is 17.6 Å². The van der Waals surface area contributed by atoms with Crippen molar-refractivity contribution in [3.8, 4) is 0 Å². The van der Waals surface area contributed by atoms with Gasteiger partial charge in [0.2, 0.25) is 0 Å². The van der Waals surface area contributed by atoms with Crippen molar-refractivity contribution in [1.29, 1.82) is 0 Å². The largest absolute Gasteiger partial charge is 0.464 e. The summed E-state index contributed by atoms with van der Waals surface area (Å²) in [6.07, 6.45) is 14.6. The zero-order valence-corrected chi connectivity index (χ0v) is 29.2. The third-order valence-electron chi connectivity index (χ3n) is 11.5. The summed E-state index contributed by atoms with van der Waals surface area (Å²) in [5.41, 5.74) is 8.62. The first-order chi connectivity index (χ1) is 25.6. The maximum absolute atomic E-state index is 14.1. The fraction of sp³-hybridized carbons (Fsp3) is 0.273. The van der Waals surface area contributed by atoms with Gasteiger partial charge in [0.05, 0.1) is 40.4 Å². The van der Waals surface area contributed by atoms with E-state index in [1.807, 2.05) is 0 Å². The first kappa shape index (κ1) is 32.7. The highest BCUT2D eigenvalue weighted by Crippen LogP contribution is 2.45. The van der Waals surface area contributed by atoms with Crippen LogP contribution in [-0.4, -0.2) is 47.1 Å². The molecular formula is C44H43F2N4O2+. The van der Waals surface area contributed by atoms with Gasteiger partial charge in [-0.25, -0.2) is 8.78 Å². The average Bonchev–Trinajstić information content (AvgIpc) is 3.99. The van der Waals surface area contributed by atoms with Crippen molar-refractivity contribution in [3.05, 3.63) is 133 Å². The number of hydrogen-bond donors (Lipinski definition) is 2. The van der Waals surface area contributed by atoms with Crippen LogP contribution in [0.25, 0.3) is 43.7 Å². The standard InChI is InChI=1S/C44H43F2N4O2/c45-32-14-16-43-37(25-32)30(28-51-43)7-1-2-9-34-27-50(41-12-5-10-39-35(41)18-20-47-39,42-13-6-11-40-36(42)19-21-48-40)24-23-49(34)22-4-3-8-31-29-52-44-17-15-33(46)26-38(31)44/h5-6,10-21,25-26,28-29,34,47-48H,1-4,7-9,22-24,27H2/q+1. The summed E-state index contributed by atoms with van der Waals surface area (Å²) in [6.45, 7) is 3.89. The number of aromatic amines is 2. The number of benzene rings is 4. The molecule has 8 aromatic rings. The number of quaternary nitrogens is 1.